The van der Waals surface area contributed by atoms with E-state index >= 15 is 0 Å². The first-order chi connectivity index (χ1) is 14.7. The van der Waals surface area contributed by atoms with E-state index < -0.39 is 10.1 Å². The molecule has 0 fully saturated rings. The topological polar surface area (TPSA) is 91.1 Å². The zero-order chi connectivity index (χ0) is 23.5. The van der Waals surface area contributed by atoms with Crippen molar-refractivity contribution < 1.29 is 27.7 Å². The van der Waals surface area contributed by atoms with Crippen molar-refractivity contribution in [2.24, 2.45) is 5.92 Å². The van der Waals surface area contributed by atoms with Crippen LogP contribution >= 0.6 is 0 Å². The smallest absolute Gasteiger partial charge is 0.124 e. The molecular formula is C24H45NO5S. The van der Waals surface area contributed by atoms with Crippen LogP contribution in [0.3, 0.4) is 0 Å². The minimum atomic E-state index is -4.32. The van der Waals surface area contributed by atoms with Gasteiger partial charge in [0.2, 0.25) is 0 Å². The molecule has 1 aromatic carbocycles. The summed E-state index contributed by atoms with van der Waals surface area (Å²) in [4.78, 5) is 1.23. The summed E-state index contributed by atoms with van der Waals surface area (Å²) in [7, 11) is -0.172. The molecule has 0 atom stereocenters. The summed E-state index contributed by atoms with van der Waals surface area (Å²) in [5.74, 6) is 0.822. The van der Waals surface area contributed by atoms with Crippen molar-refractivity contribution >= 4 is 10.1 Å². The molecule has 0 saturated heterocycles. The molecule has 0 amide bonds. The van der Waals surface area contributed by atoms with Crippen molar-refractivity contribution in [3.8, 4) is 0 Å². The predicted molar refractivity (Wildman–Crippen MR) is 125 cm³/mol. The van der Waals surface area contributed by atoms with Gasteiger partial charge in [-0.3, -0.25) is 0 Å². The zero-order valence-electron chi connectivity index (χ0n) is 20.1. The Bertz CT molecular complexity index is 630. The second-order valence-electron chi connectivity index (χ2n) is 8.80. The van der Waals surface area contributed by atoms with Gasteiger partial charge in [-0.2, -0.15) is 0 Å². The number of nitrogens with one attached hydrogen (secondary N) is 1. The van der Waals surface area contributed by atoms with Crippen LogP contribution in [0.5, 0.6) is 0 Å². The Kier molecular flexibility index (Phi) is 18.0. The lowest BCUT2D eigenvalue weighted by Gasteiger charge is -2.08. The molecule has 31 heavy (non-hydrogen) atoms. The van der Waals surface area contributed by atoms with Crippen molar-refractivity contribution in [2.75, 3.05) is 40.5 Å². The molecule has 0 aliphatic heterocycles. The fraction of sp³-hybridized carbons (Fsp3) is 0.750. The number of quaternary nitrogens is 1. The largest absolute Gasteiger partial charge is 0.744 e. The fourth-order valence-electron chi connectivity index (χ4n) is 3.03. The maximum absolute atomic E-state index is 10.8. The predicted octanol–water partition coefficient (Wildman–Crippen LogP) is 3.05. The van der Waals surface area contributed by atoms with Crippen LogP contribution < -0.4 is 4.90 Å². The third-order valence-corrected chi connectivity index (χ3v) is 5.79. The van der Waals surface area contributed by atoms with Gasteiger partial charge in [0.1, 0.15) is 16.7 Å². The lowest BCUT2D eigenvalue weighted by Crippen LogP contribution is -3.06. The quantitative estimate of drug-likeness (QED) is 0.293. The van der Waals surface area contributed by atoms with Crippen LogP contribution in [-0.4, -0.2) is 58.5 Å². The first-order valence-electron chi connectivity index (χ1n) is 11.7. The fourth-order valence-corrected chi connectivity index (χ4v) is 3.50. The molecule has 1 aromatic rings. The molecule has 0 saturated carbocycles. The Morgan fingerprint density at radius 1 is 0.935 bits per heavy atom. The Hall–Kier alpha value is -0.990. The Balaban J connectivity index is 0.000000842. The average Bonchev–Trinajstić information content (AvgIpc) is 2.70. The number of hydrogen-bond donors (Lipinski definition) is 2. The summed E-state index contributed by atoms with van der Waals surface area (Å²) < 4.78 is 37.5. The summed E-state index contributed by atoms with van der Waals surface area (Å²) in [6.45, 7) is 6.89. The van der Waals surface area contributed by atoms with Gasteiger partial charge in [0.25, 0.3) is 0 Å². The molecular weight excluding hydrogens is 414 g/mol. The number of aliphatic hydroxyl groups is 1. The number of benzene rings is 1. The number of likely N-dealkylation sites (N-methyl/N-ethyl adjacent to an activating group) is 1. The normalized spacial score (nSPS) is 11.6. The minimum Gasteiger partial charge on any atom is -0.744 e. The monoisotopic (exact) mass is 459 g/mol. The summed E-state index contributed by atoms with van der Waals surface area (Å²) >= 11 is 0. The minimum absolute atomic E-state index is 0.128. The second kappa shape index (κ2) is 18.6. The van der Waals surface area contributed by atoms with Crippen molar-refractivity contribution in [3.63, 3.8) is 0 Å². The van der Waals surface area contributed by atoms with Gasteiger partial charge in [0, 0.05) is 0 Å². The lowest BCUT2D eigenvalue weighted by molar-refractivity contribution is -0.858. The van der Waals surface area contributed by atoms with E-state index in [0.29, 0.717) is 6.61 Å². The molecule has 0 aliphatic carbocycles. The van der Waals surface area contributed by atoms with Gasteiger partial charge >= 0.3 is 0 Å². The molecule has 0 radical (unpaired) electrons. The second-order valence-corrected chi connectivity index (χ2v) is 10.2. The maximum atomic E-state index is 10.8. The number of hydrogen-bond acceptors (Lipinski definition) is 5. The van der Waals surface area contributed by atoms with Crippen LogP contribution in [0.2, 0.25) is 0 Å². The zero-order valence-corrected chi connectivity index (χ0v) is 20.9. The highest BCUT2D eigenvalue weighted by molar-refractivity contribution is 7.85. The maximum Gasteiger partial charge on any atom is 0.124 e. The Morgan fingerprint density at radius 2 is 1.48 bits per heavy atom. The molecule has 0 spiro atoms. The van der Waals surface area contributed by atoms with Crippen LogP contribution in [-0.2, 0) is 21.3 Å². The number of rotatable bonds is 16. The van der Waals surface area contributed by atoms with Gasteiger partial charge in [-0.15, -0.1) is 0 Å². The molecule has 182 valence electrons. The number of unbranched alkanes of at least 4 members (excludes halogenated alkanes) is 6. The van der Waals surface area contributed by atoms with E-state index in [1.54, 1.807) is 12.1 Å². The molecule has 0 aliphatic rings. The van der Waals surface area contributed by atoms with Gasteiger partial charge in [-0.05, 0) is 36.5 Å². The van der Waals surface area contributed by atoms with Crippen molar-refractivity contribution in [1.82, 2.24) is 0 Å². The highest BCUT2D eigenvalue weighted by Gasteiger charge is 2.01. The van der Waals surface area contributed by atoms with Gasteiger partial charge in [0.15, 0.2) is 0 Å². The average molecular weight is 460 g/mol. The molecule has 0 heterocycles. The van der Waals surface area contributed by atoms with E-state index in [0.717, 1.165) is 37.5 Å². The van der Waals surface area contributed by atoms with Gasteiger partial charge in [-0.1, -0.05) is 70.9 Å². The van der Waals surface area contributed by atoms with Gasteiger partial charge in [0.05, 0.1) is 38.8 Å². The molecule has 2 N–H and O–H groups in total. The third-order valence-electron chi connectivity index (χ3n) is 4.94. The van der Waals surface area contributed by atoms with E-state index in [1.807, 2.05) is 0 Å². The standard InChI is InChI=1S/C18H30O3S.C6H15NO2/c1-16(2)10-8-6-4-3-5-7-9-11-17-12-14-18(15-13-17)22(19,20)21;1-7(2)3-5-9-6-4-8/h12-16H,3-11H2,1-2H3,(H,19,20,21);8H,3-6H2,1-2H3. The SMILES string of the molecule is CC(C)CCCCCCCCCc1ccc(S(=O)(=O)[O-])cc1.C[NH+](C)CCOCCO. The summed E-state index contributed by atoms with van der Waals surface area (Å²) in [5.41, 5.74) is 1.10. The molecule has 7 heteroatoms. The summed E-state index contributed by atoms with van der Waals surface area (Å²) in [6, 6.07) is 6.31. The molecule has 0 unspecified atom stereocenters. The third kappa shape index (κ3) is 19.4. The molecule has 1 rings (SSSR count). The number of ether oxygens (including phenoxy) is 1. The Morgan fingerprint density at radius 3 is 1.97 bits per heavy atom. The Labute approximate surface area is 190 Å². The van der Waals surface area contributed by atoms with Gasteiger partial charge < -0.3 is 19.3 Å². The van der Waals surface area contributed by atoms with Crippen LogP contribution in [0.15, 0.2) is 29.2 Å². The van der Waals surface area contributed by atoms with Crippen LogP contribution in [0.1, 0.15) is 70.8 Å². The van der Waals surface area contributed by atoms with Crippen molar-refractivity contribution in [1.29, 1.82) is 0 Å². The van der Waals surface area contributed by atoms with Gasteiger partial charge in [-0.25, -0.2) is 8.42 Å². The highest BCUT2D eigenvalue weighted by Crippen LogP contribution is 2.15. The summed E-state index contributed by atoms with van der Waals surface area (Å²) in [6.07, 6.45) is 11.3. The molecule has 0 bridgehead atoms. The number of aliphatic hydroxyl groups excluding tert-OH is 1. The van der Waals surface area contributed by atoms with E-state index in [2.05, 4.69) is 27.9 Å². The van der Waals surface area contributed by atoms with E-state index in [1.165, 1.54) is 62.0 Å². The first-order valence-corrected chi connectivity index (χ1v) is 13.1. The van der Waals surface area contributed by atoms with Crippen molar-refractivity contribution in [2.45, 2.75) is 76.5 Å². The van der Waals surface area contributed by atoms with Crippen LogP contribution in [0, 0.1) is 5.92 Å². The van der Waals surface area contributed by atoms with E-state index in [9.17, 15) is 13.0 Å². The lowest BCUT2D eigenvalue weighted by atomic mass is 10.0. The molecule has 6 nitrogen and oxygen atoms in total. The first kappa shape index (κ1) is 30.0. The van der Waals surface area contributed by atoms with E-state index in [-0.39, 0.29) is 11.5 Å². The van der Waals surface area contributed by atoms with Crippen LogP contribution in [0.4, 0.5) is 0 Å². The van der Waals surface area contributed by atoms with Crippen molar-refractivity contribution in [3.05, 3.63) is 29.8 Å². The summed E-state index contributed by atoms with van der Waals surface area (Å²) in [5, 5.41) is 8.30. The van der Waals surface area contributed by atoms with E-state index in [4.69, 9.17) is 9.84 Å². The number of aryl methyl sites for hydroxylation is 1. The molecule has 0 aromatic heterocycles. The highest BCUT2D eigenvalue weighted by atomic mass is 32.2. The van der Waals surface area contributed by atoms with Crippen LogP contribution in [0.25, 0.3) is 0 Å².